The second-order valence-electron chi connectivity index (χ2n) is 6.71. The van der Waals surface area contributed by atoms with Crippen LogP contribution < -0.4 is 5.56 Å². The summed E-state index contributed by atoms with van der Waals surface area (Å²) in [7, 11) is 1.82. The fraction of sp³-hybridized carbons (Fsp3) is 0.444. The van der Waals surface area contributed by atoms with Crippen LogP contribution in [-0.4, -0.2) is 50.6 Å². The molecule has 126 valence electrons. The van der Waals surface area contributed by atoms with Crippen LogP contribution in [-0.2, 0) is 7.05 Å². The molecule has 3 aromatic rings. The van der Waals surface area contributed by atoms with Gasteiger partial charge in [-0.2, -0.15) is 5.10 Å². The highest BCUT2D eigenvalue weighted by molar-refractivity contribution is 6.04. The van der Waals surface area contributed by atoms with E-state index in [0.29, 0.717) is 6.54 Å². The van der Waals surface area contributed by atoms with Crippen molar-refractivity contribution >= 4 is 21.8 Å². The molecular formula is C18H22N4O2. The van der Waals surface area contributed by atoms with Gasteiger partial charge in [-0.15, -0.1) is 0 Å². The summed E-state index contributed by atoms with van der Waals surface area (Å²) >= 11 is 0. The molecule has 6 heteroatoms. The quantitative estimate of drug-likeness (QED) is 0.791. The van der Waals surface area contributed by atoms with Gasteiger partial charge in [-0.05, 0) is 24.8 Å². The van der Waals surface area contributed by atoms with Gasteiger partial charge >= 0.3 is 0 Å². The average Bonchev–Trinajstić information content (AvgIpc) is 3.19. The maximum Gasteiger partial charge on any atom is 0.259 e. The minimum atomic E-state index is 0.0214. The zero-order chi connectivity index (χ0) is 16.8. The van der Waals surface area contributed by atoms with Crippen molar-refractivity contribution < 1.29 is 5.11 Å². The molecule has 0 spiro atoms. The minimum absolute atomic E-state index is 0.0214. The molecule has 0 radical (unpaired) electrons. The number of fused-ring (bicyclic) bond motifs is 3. The topological polar surface area (TPSA) is 63.3 Å². The standard InChI is InChI=1S/C18H22N4O2/c1-12-3-4-14-15(9-12)18(24)20(2)17-16(14)10-19-22(17)13-5-6-21(11-13)7-8-23/h3-4,9-10,13,23H,5-8,11H2,1-2H3. The zero-order valence-electron chi connectivity index (χ0n) is 14.1. The third-order valence-electron chi connectivity index (χ3n) is 5.10. The number of aliphatic hydroxyl groups is 1. The van der Waals surface area contributed by atoms with Gasteiger partial charge in [-0.25, -0.2) is 4.68 Å². The van der Waals surface area contributed by atoms with Crippen LogP contribution in [0.2, 0.25) is 0 Å². The minimum Gasteiger partial charge on any atom is -0.395 e. The van der Waals surface area contributed by atoms with Crippen LogP contribution in [0.3, 0.4) is 0 Å². The van der Waals surface area contributed by atoms with E-state index >= 15 is 0 Å². The van der Waals surface area contributed by atoms with Gasteiger partial charge in [0.1, 0.15) is 5.65 Å². The van der Waals surface area contributed by atoms with E-state index in [1.165, 1.54) is 0 Å². The molecule has 1 saturated heterocycles. The summed E-state index contributed by atoms with van der Waals surface area (Å²) in [6.45, 7) is 4.68. The number of pyridine rings is 1. The van der Waals surface area contributed by atoms with Crippen LogP contribution in [0.25, 0.3) is 21.8 Å². The predicted molar refractivity (Wildman–Crippen MR) is 94.4 cm³/mol. The van der Waals surface area contributed by atoms with E-state index in [-0.39, 0.29) is 18.2 Å². The number of aromatic nitrogens is 3. The van der Waals surface area contributed by atoms with Gasteiger partial charge in [0.2, 0.25) is 0 Å². The molecule has 2 aromatic heterocycles. The molecule has 24 heavy (non-hydrogen) atoms. The highest BCUT2D eigenvalue weighted by atomic mass is 16.3. The van der Waals surface area contributed by atoms with Crippen molar-refractivity contribution in [2.45, 2.75) is 19.4 Å². The molecule has 1 aliphatic heterocycles. The Balaban J connectivity index is 1.89. The molecule has 1 N–H and O–H groups in total. The van der Waals surface area contributed by atoms with Crippen LogP contribution in [0.4, 0.5) is 0 Å². The molecule has 3 heterocycles. The van der Waals surface area contributed by atoms with Crippen LogP contribution in [0.5, 0.6) is 0 Å². The van der Waals surface area contributed by atoms with Crippen molar-refractivity contribution in [3.63, 3.8) is 0 Å². The highest BCUT2D eigenvalue weighted by Gasteiger charge is 2.26. The number of aliphatic hydroxyl groups excluding tert-OH is 1. The Morgan fingerprint density at radius 1 is 1.29 bits per heavy atom. The van der Waals surface area contributed by atoms with E-state index in [0.717, 1.165) is 46.9 Å². The fourth-order valence-electron chi connectivity index (χ4n) is 3.85. The van der Waals surface area contributed by atoms with Crippen LogP contribution >= 0.6 is 0 Å². The van der Waals surface area contributed by atoms with Crippen LogP contribution in [0.1, 0.15) is 18.0 Å². The second-order valence-corrected chi connectivity index (χ2v) is 6.71. The Morgan fingerprint density at radius 2 is 2.12 bits per heavy atom. The van der Waals surface area contributed by atoms with Crippen molar-refractivity contribution in [3.8, 4) is 0 Å². The van der Waals surface area contributed by atoms with E-state index < -0.39 is 0 Å². The Morgan fingerprint density at radius 3 is 2.92 bits per heavy atom. The SMILES string of the molecule is Cc1ccc2c(c1)c(=O)n(C)c1c2cnn1C1CCN(CCO)C1. The lowest BCUT2D eigenvalue weighted by Crippen LogP contribution is -2.26. The predicted octanol–water partition coefficient (Wildman–Crippen LogP) is 1.44. The summed E-state index contributed by atoms with van der Waals surface area (Å²) < 4.78 is 3.71. The second kappa shape index (κ2) is 5.72. The summed E-state index contributed by atoms with van der Waals surface area (Å²) in [6.07, 6.45) is 2.86. The largest absolute Gasteiger partial charge is 0.395 e. The number of β-amino-alcohol motifs (C(OH)–C–C–N with tert-alkyl or cyclic N) is 1. The van der Waals surface area contributed by atoms with E-state index in [2.05, 4.69) is 10.00 Å². The molecule has 0 aliphatic carbocycles. The summed E-state index contributed by atoms with van der Waals surface area (Å²) in [4.78, 5) is 15.0. The number of benzene rings is 1. The van der Waals surface area contributed by atoms with Crippen molar-refractivity contribution in [1.82, 2.24) is 19.2 Å². The first kappa shape index (κ1) is 15.4. The van der Waals surface area contributed by atoms with Crippen LogP contribution in [0.15, 0.2) is 29.2 Å². The van der Waals surface area contributed by atoms with Gasteiger partial charge < -0.3 is 5.11 Å². The molecular weight excluding hydrogens is 304 g/mol. The summed E-state index contributed by atoms with van der Waals surface area (Å²) in [6, 6.07) is 6.25. The van der Waals surface area contributed by atoms with Gasteiger partial charge in [-0.3, -0.25) is 14.3 Å². The van der Waals surface area contributed by atoms with Gasteiger partial charge in [0.15, 0.2) is 0 Å². The number of hydrogen-bond acceptors (Lipinski definition) is 4. The van der Waals surface area contributed by atoms with E-state index in [9.17, 15) is 4.79 Å². The highest BCUT2D eigenvalue weighted by Crippen LogP contribution is 2.28. The number of nitrogens with zero attached hydrogens (tertiary/aromatic N) is 4. The van der Waals surface area contributed by atoms with Gasteiger partial charge in [-0.1, -0.05) is 17.7 Å². The first-order valence-corrected chi connectivity index (χ1v) is 8.40. The normalized spacial score (nSPS) is 18.9. The zero-order valence-corrected chi connectivity index (χ0v) is 14.1. The smallest absolute Gasteiger partial charge is 0.259 e. The maximum atomic E-state index is 12.8. The average molecular weight is 326 g/mol. The molecule has 0 saturated carbocycles. The molecule has 1 fully saturated rings. The van der Waals surface area contributed by atoms with Crippen molar-refractivity contribution in [3.05, 3.63) is 40.3 Å². The Hall–Kier alpha value is -2.18. The Kier molecular flexibility index (Phi) is 3.66. The molecule has 0 amide bonds. The third-order valence-corrected chi connectivity index (χ3v) is 5.10. The summed E-state index contributed by atoms with van der Waals surface area (Å²) in [5.41, 5.74) is 1.99. The number of rotatable bonds is 3. The first-order chi connectivity index (χ1) is 11.6. The van der Waals surface area contributed by atoms with Crippen molar-refractivity contribution in [2.24, 2.45) is 7.05 Å². The molecule has 1 aromatic carbocycles. The molecule has 1 unspecified atom stereocenters. The molecule has 0 bridgehead atoms. The molecule has 1 aliphatic rings. The van der Waals surface area contributed by atoms with Crippen molar-refractivity contribution in [1.29, 1.82) is 0 Å². The first-order valence-electron chi connectivity index (χ1n) is 8.40. The Bertz CT molecular complexity index is 972. The fourth-order valence-corrected chi connectivity index (χ4v) is 3.85. The van der Waals surface area contributed by atoms with E-state index in [1.807, 2.05) is 43.0 Å². The Labute approximate surface area is 139 Å². The molecule has 6 nitrogen and oxygen atoms in total. The lowest BCUT2D eigenvalue weighted by atomic mass is 10.1. The number of hydrogen-bond donors (Lipinski definition) is 1. The molecule has 4 rings (SSSR count). The number of aryl methyl sites for hydroxylation is 2. The number of likely N-dealkylation sites (tertiary alicyclic amines) is 1. The van der Waals surface area contributed by atoms with Gasteiger partial charge in [0, 0.05) is 37.5 Å². The van der Waals surface area contributed by atoms with E-state index in [4.69, 9.17) is 5.11 Å². The maximum absolute atomic E-state index is 12.8. The third kappa shape index (κ3) is 2.25. The van der Waals surface area contributed by atoms with E-state index in [1.54, 1.807) is 4.57 Å². The lowest BCUT2D eigenvalue weighted by Gasteiger charge is -2.16. The lowest BCUT2D eigenvalue weighted by molar-refractivity contribution is 0.217. The molecule has 1 atom stereocenters. The van der Waals surface area contributed by atoms with Gasteiger partial charge in [0.05, 0.1) is 18.8 Å². The van der Waals surface area contributed by atoms with Crippen LogP contribution in [0, 0.1) is 6.92 Å². The monoisotopic (exact) mass is 326 g/mol. The summed E-state index contributed by atoms with van der Waals surface area (Å²) in [5, 5.41) is 16.5. The summed E-state index contributed by atoms with van der Waals surface area (Å²) in [5.74, 6) is 0. The van der Waals surface area contributed by atoms with Gasteiger partial charge in [0.25, 0.3) is 5.56 Å². The van der Waals surface area contributed by atoms with Crippen molar-refractivity contribution in [2.75, 3.05) is 26.2 Å².